The maximum Gasteiger partial charge on any atom is 0.229 e. The molecule has 0 heterocycles. The van der Waals surface area contributed by atoms with Gasteiger partial charge in [0.05, 0.1) is 27.6 Å². The molecule has 0 bridgehead atoms. The average molecular weight is 363 g/mol. The van der Waals surface area contributed by atoms with E-state index in [1.165, 1.54) is 0 Å². The second kappa shape index (κ2) is 7.94. The van der Waals surface area contributed by atoms with E-state index < -0.39 is 10.0 Å². The summed E-state index contributed by atoms with van der Waals surface area (Å²) in [5, 5.41) is 0. The first-order chi connectivity index (χ1) is 11.9. The Morgan fingerprint density at radius 2 is 1.48 bits per heavy atom. The van der Waals surface area contributed by atoms with Crippen molar-refractivity contribution in [2.75, 3.05) is 32.3 Å². The van der Waals surface area contributed by atoms with Gasteiger partial charge in [-0.3, -0.25) is 4.72 Å². The van der Waals surface area contributed by atoms with E-state index in [1.807, 2.05) is 30.4 Å². The van der Waals surface area contributed by atoms with E-state index in [4.69, 9.17) is 14.2 Å². The molecule has 1 N–H and O–H groups in total. The number of benzene rings is 2. The number of anilines is 1. The minimum absolute atomic E-state index is 0.517. The molecule has 2 rings (SSSR count). The van der Waals surface area contributed by atoms with Crippen LogP contribution in [0.15, 0.2) is 36.4 Å². The van der Waals surface area contributed by atoms with E-state index in [2.05, 4.69) is 4.72 Å². The quantitative estimate of drug-likeness (QED) is 0.765. The van der Waals surface area contributed by atoms with Gasteiger partial charge in [-0.25, -0.2) is 8.42 Å². The molecule has 6 nitrogen and oxygen atoms in total. The van der Waals surface area contributed by atoms with Crippen molar-refractivity contribution in [1.29, 1.82) is 0 Å². The maximum atomic E-state index is 11.2. The monoisotopic (exact) mass is 363 g/mol. The van der Waals surface area contributed by atoms with Crippen molar-refractivity contribution in [1.82, 2.24) is 0 Å². The molecule has 0 aliphatic carbocycles. The highest BCUT2D eigenvalue weighted by atomic mass is 32.2. The van der Waals surface area contributed by atoms with Gasteiger partial charge in [0.15, 0.2) is 11.5 Å². The molecule has 0 aliphatic heterocycles. The Morgan fingerprint density at radius 3 is 2.00 bits per heavy atom. The van der Waals surface area contributed by atoms with E-state index in [0.717, 1.165) is 17.4 Å². The average Bonchev–Trinajstić information content (AvgIpc) is 2.58. The zero-order chi connectivity index (χ0) is 18.4. The van der Waals surface area contributed by atoms with Crippen LogP contribution >= 0.6 is 0 Å². The predicted molar refractivity (Wildman–Crippen MR) is 99.9 cm³/mol. The molecular weight excluding hydrogens is 342 g/mol. The first-order valence-corrected chi connectivity index (χ1v) is 9.32. The summed E-state index contributed by atoms with van der Waals surface area (Å²) in [7, 11) is 1.42. The summed E-state index contributed by atoms with van der Waals surface area (Å²) in [5.41, 5.74) is 2.26. The van der Waals surface area contributed by atoms with Crippen LogP contribution in [0.4, 0.5) is 5.69 Å². The second-order valence-electron chi connectivity index (χ2n) is 5.25. The third kappa shape index (κ3) is 4.90. The van der Waals surface area contributed by atoms with Crippen LogP contribution in [0.2, 0.25) is 0 Å². The second-order valence-corrected chi connectivity index (χ2v) is 7.00. The molecule has 25 heavy (non-hydrogen) atoms. The Hall–Kier alpha value is -2.67. The molecule has 0 aliphatic rings. The van der Waals surface area contributed by atoms with Crippen LogP contribution in [0.3, 0.4) is 0 Å². The molecule has 0 fully saturated rings. The highest BCUT2D eigenvalue weighted by Crippen LogP contribution is 2.40. The van der Waals surface area contributed by atoms with Crippen molar-refractivity contribution >= 4 is 27.9 Å². The van der Waals surface area contributed by atoms with Crippen molar-refractivity contribution in [2.45, 2.75) is 0 Å². The van der Waals surface area contributed by atoms with Crippen LogP contribution in [-0.4, -0.2) is 36.0 Å². The van der Waals surface area contributed by atoms with E-state index in [0.29, 0.717) is 22.9 Å². The highest BCUT2D eigenvalue weighted by Gasteiger charge is 2.14. The Balaban J connectivity index is 2.27. The van der Waals surface area contributed by atoms with Crippen molar-refractivity contribution in [3.8, 4) is 17.2 Å². The van der Waals surface area contributed by atoms with E-state index in [1.54, 1.807) is 39.5 Å². The van der Waals surface area contributed by atoms with Gasteiger partial charge in [-0.05, 0) is 29.8 Å². The maximum absolute atomic E-state index is 11.2. The number of nitrogens with one attached hydrogen (secondary N) is 1. The number of sulfonamides is 1. The van der Waals surface area contributed by atoms with E-state index in [-0.39, 0.29) is 0 Å². The number of methoxy groups -OCH3 is 3. The zero-order valence-corrected chi connectivity index (χ0v) is 15.4. The van der Waals surface area contributed by atoms with Gasteiger partial charge >= 0.3 is 0 Å². The highest BCUT2D eigenvalue weighted by molar-refractivity contribution is 7.92. The molecule has 2 aromatic rings. The normalized spacial score (nSPS) is 11.4. The van der Waals surface area contributed by atoms with Crippen molar-refractivity contribution in [3.05, 3.63) is 47.5 Å². The summed E-state index contributed by atoms with van der Waals surface area (Å²) in [6.07, 6.45) is 4.90. The molecular formula is C18H21NO5S. The van der Waals surface area contributed by atoms with Crippen LogP contribution in [0.5, 0.6) is 17.2 Å². The third-order valence-electron chi connectivity index (χ3n) is 3.40. The molecule has 0 radical (unpaired) electrons. The van der Waals surface area contributed by atoms with Gasteiger partial charge < -0.3 is 14.2 Å². The standard InChI is InChI=1S/C18H21NO5S/c1-22-16-12-9-14(17(23-2)18(16)24-3)8-5-13-6-10-15(11-7-13)19-25(4,20)21/h5-12,19H,1-4H3. The molecule has 0 aromatic heterocycles. The topological polar surface area (TPSA) is 73.9 Å². The summed E-state index contributed by atoms with van der Waals surface area (Å²) in [4.78, 5) is 0. The van der Waals surface area contributed by atoms with Crippen molar-refractivity contribution in [2.24, 2.45) is 0 Å². The van der Waals surface area contributed by atoms with Gasteiger partial charge in [-0.2, -0.15) is 0 Å². The lowest BCUT2D eigenvalue weighted by atomic mass is 10.1. The Labute approximate surface area is 148 Å². The zero-order valence-electron chi connectivity index (χ0n) is 14.6. The van der Waals surface area contributed by atoms with Crippen LogP contribution < -0.4 is 18.9 Å². The first-order valence-electron chi connectivity index (χ1n) is 7.43. The van der Waals surface area contributed by atoms with Gasteiger partial charge in [0.25, 0.3) is 0 Å². The fraction of sp³-hybridized carbons (Fsp3) is 0.222. The molecule has 0 atom stereocenters. The van der Waals surface area contributed by atoms with Gasteiger partial charge in [0, 0.05) is 11.3 Å². The lowest BCUT2D eigenvalue weighted by molar-refractivity contribution is 0.324. The Morgan fingerprint density at radius 1 is 0.840 bits per heavy atom. The summed E-state index contributed by atoms with van der Waals surface area (Å²) < 4.78 is 40.9. The van der Waals surface area contributed by atoms with Crippen LogP contribution in [0.1, 0.15) is 11.1 Å². The van der Waals surface area contributed by atoms with E-state index >= 15 is 0 Å². The summed E-state index contributed by atoms with van der Waals surface area (Å²) in [6.45, 7) is 0. The lowest BCUT2D eigenvalue weighted by Gasteiger charge is -2.14. The minimum atomic E-state index is -3.28. The summed E-state index contributed by atoms with van der Waals surface area (Å²) in [6, 6.07) is 10.7. The number of ether oxygens (including phenoxy) is 3. The largest absolute Gasteiger partial charge is 0.493 e. The molecule has 0 spiro atoms. The fourth-order valence-corrected chi connectivity index (χ4v) is 2.88. The van der Waals surface area contributed by atoms with E-state index in [9.17, 15) is 8.42 Å². The van der Waals surface area contributed by atoms with Gasteiger partial charge in [-0.1, -0.05) is 24.3 Å². The van der Waals surface area contributed by atoms with Gasteiger partial charge in [0.1, 0.15) is 0 Å². The first kappa shape index (κ1) is 18.7. The summed E-state index contributed by atoms with van der Waals surface area (Å²) >= 11 is 0. The SMILES string of the molecule is COc1ccc(C=Cc2ccc(NS(C)(=O)=O)cc2)c(OC)c1OC. The smallest absolute Gasteiger partial charge is 0.229 e. The van der Waals surface area contributed by atoms with Crippen LogP contribution in [0, 0.1) is 0 Å². The molecule has 0 saturated carbocycles. The molecule has 0 unspecified atom stereocenters. The van der Waals surface area contributed by atoms with Crippen molar-refractivity contribution in [3.63, 3.8) is 0 Å². The molecule has 134 valence electrons. The fourth-order valence-electron chi connectivity index (χ4n) is 2.32. The summed E-state index contributed by atoms with van der Waals surface area (Å²) in [5.74, 6) is 1.70. The number of rotatable bonds is 7. The molecule has 0 amide bonds. The Kier molecular flexibility index (Phi) is 5.93. The number of hydrogen-bond donors (Lipinski definition) is 1. The minimum Gasteiger partial charge on any atom is -0.493 e. The van der Waals surface area contributed by atoms with Crippen LogP contribution in [-0.2, 0) is 10.0 Å². The van der Waals surface area contributed by atoms with Crippen LogP contribution in [0.25, 0.3) is 12.2 Å². The number of hydrogen-bond acceptors (Lipinski definition) is 5. The van der Waals surface area contributed by atoms with Gasteiger partial charge in [-0.15, -0.1) is 0 Å². The molecule has 0 saturated heterocycles. The van der Waals surface area contributed by atoms with Crippen molar-refractivity contribution < 1.29 is 22.6 Å². The molecule has 2 aromatic carbocycles. The van der Waals surface area contributed by atoms with Gasteiger partial charge in [0.2, 0.25) is 15.8 Å². The molecule has 7 heteroatoms. The predicted octanol–water partition coefficient (Wildman–Crippen LogP) is 3.25. The Bertz CT molecular complexity index is 858. The lowest BCUT2D eigenvalue weighted by Crippen LogP contribution is -2.09. The third-order valence-corrected chi connectivity index (χ3v) is 4.01.